The molecule has 2 aromatic rings. The summed E-state index contributed by atoms with van der Waals surface area (Å²) in [5.41, 5.74) is 3.89. The number of rotatable bonds is 8. The molecule has 0 bridgehead atoms. The minimum absolute atomic E-state index is 0.110. The molecular weight excluding hydrogens is 388 g/mol. The summed E-state index contributed by atoms with van der Waals surface area (Å²) in [6.07, 6.45) is 2.54. The molecule has 1 unspecified atom stereocenters. The molecule has 0 aromatic heterocycles. The summed E-state index contributed by atoms with van der Waals surface area (Å²) < 4.78 is 0. The van der Waals surface area contributed by atoms with Gasteiger partial charge in [0.25, 0.3) is 11.7 Å². The maximum Gasteiger partial charge on any atom is 0.295 e. The molecule has 0 spiro atoms. The summed E-state index contributed by atoms with van der Waals surface area (Å²) in [6.45, 7) is 5.41. The molecule has 1 fully saturated rings. The first-order chi connectivity index (χ1) is 14.9. The molecule has 2 aromatic carbocycles. The third-order valence-electron chi connectivity index (χ3n) is 5.88. The predicted molar refractivity (Wildman–Crippen MR) is 124 cm³/mol. The van der Waals surface area contributed by atoms with Gasteiger partial charge in [-0.3, -0.25) is 9.59 Å². The zero-order chi connectivity index (χ0) is 22.5. The van der Waals surface area contributed by atoms with Crippen molar-refractivity contribution in [1.82, 2.24) is 9.80 Å². The molecule has 1 aliphatic heterocycles. The summed E-state index contributed by atoms with van der Waals surface area (Å²) in [5.74, 6) is -1.28. The highest BCUT2D eigenvalue weighted by Gasteiger charge is 2.45. The van der Waals surface area contributed by atoms with Crippen LogP contribution in [0.15, 0.2) is 54.1 Å². The SMILES string of the molecule is CCc1ccc(/C(O)=C2/C(=O)C(=O)N(CCCN(C)C)C2c2ccc(CC)cc2)cc1. The van der Waals surface area contributed by atoms with E-state index in [2.05, 4.69) is 18.7 Å². The van der Waals surface area contributed by atoms with E-state index in [0.29, 0.717) is 12.1 Å². The highest BCUT2D eigenvalue weighted by Crippen LogP contribution is 2.39. The van der Waals surface area contributed by atoms with Crippen molar-refractivity contribution >= 4 is 17.4 Å². The maximum atomic E-state index is 13.0. The van der Waals surface area contributed by atoms with E-state index >= 15 is 0 Å². The van der Waals surface area contributed by atoms with Gasteiger partial charge in [0.05, 0.1) is 11.6 Å². The van der Waals surface area contributed by atoms with E-state index in [4.69, 9.17) is 0 Å². The Hall–Kier alpha value is -2.92. The van der Waals surface area contributed by atoms with Crippen molar-refractivity contribution in [2.45, 2.75) is 39.2 Å². The third kappa shape index (κ3) is 4.88. The van der Waals surface area contributed by atoms with Crippen molar-refractivity contribution in [3.8, 4) is 0 Å². The van der Waals surface area contributed by atoms with Crippen LogP contribution in [0.4, 0.5) is 0 Å². The van der Waals surface area contributed by atoms with Gasteiger partial charge in [0.15, 0.2) is 0 Å². The van der Waals surface area contributed by atoms with Gasteiger partial charge < -0.3 is 14.9 Å². The molecule has 31 heavy (non-hydrogen) atoms. The van der Waals surface area contributed by atoms with E-state index in [9.17, 15) is 14.7 Å². The van der Waals surface area contributed by atoms with E-state index in [-0.39, 0.29) is 11.3 Å². The average Bonchev–Trinajstić information content (AvgIpc) is 3.03. The Morgan fingerprint density at radius 2 is 1.48 bits per heavy atom. The summed E-state index contributed by atoms with van der Waals surface area (Å²) in [4.78, 5) is 29.7. The Balaban J connectivity index is 2.06. The van der Waals surface area contributed by atoms with Gasteiger partial charge in [0.1, 0.15) is 5.76 Å². The van der Waals surface area contributed by atoms with Crippen LogP contribution in [0.1, 0.15) is 48.6 Å². The summed E-state index contributed by atoms with van der Waals surface area (Å²) in [5, 5.41) is 11.1. The number of benzene rings is 2. The molecule has 0 aliphatic carbocycles. The Morgan fingerprint density at radius 1 is 0.935 bits per heavy atom. The second-order valence-electron chi connectivity index (χ2n) is 8.29. The molecule has 1 saturated heterocycles. The van der Waals surface area contributed by atoms with Crippen molar-refractivity contribution in [3.05, 3.63) is 76.4 Å². The average molecular weight is 421 g/mol. The maximum absolute atomic E-state index is 13.0. The summed E-state index contributed by atoms with van der Waals surface area (Å²) in [6, 6.07) is 14.9. The van der Waals surface area contributed by atoms with Crippen LogP contribution in [-0.4, -0.2) is 53.8 Å². The number of carbonyl (C=O) groups excluding carboxylic acids is 2. The van der Waals surface area contributed by atoms with Gasteiger partial charge in [-0.2, -0.15) is 0 Å². The van der Waals surface area contributed by atoms with Gasteiger partial charge in [-0.1, -0.05) is 62.4 Å². The monoisotopic (exact) mass is 420 g/mol. The molecular formula is C26H32N2O3. The van der Waals surface area contributed by atoms with Crippen LogP contribution in [0.3, 0.4) is 0 Å². The van der Waals surface area contributed by atoms with Crippen LogP contribution >= 0.6 is 0 Å². The van der Waals surface area contributed by atoms with Crippen molar-refractivity contribution in [1.29, 1.82) is 0 Å². The van der Waals surface area contributed by atoms with E-state index in [1.54, 1.807) is 4.90 Å². The summed E-state index contributed by atoms with van der Waals surface area (Å²) >= 11 is 0. The topological polar surface area (TPSA) is 60.9 Å². The number of ketones is 1. The lowest BCUT2D eigenvalue weighted by atomic mass is 9.94. The number of likely N-dealkylation sites (tertiary alicyclic amines) is 1. The minimum atomic E-state index is -0.619. The fourth-order valence-electron chi connectivity index (χ4n) is 4.00. The van der Waals surface area contributed by atoms with Gasteiger partial charge in [-0.15, -0.1) is 0 Å². The Bertz CT molecular complexity index is 959. The number of aryl methyl sites for hydroxylation is 2. The van der Waals surface area contributed by atoms with Crippen LogP contribution in [0, 0.1) is 0 Å². The first-order valence-electron chi connectivity index (χ1n) is 11.0. The fraction of sp³-hybridized carbons (Fsp3) is 0.385. The lowest BCUT2D eigenvalue weighted by Gasteiger charge is -2.26. The first-order valence-corrected chi connectivity index (χ1v) is 11.0. The molecule has 0 radical (unpaired) electrons. The Kier molecular flexibility index (Phi) is 7.29. The smallest absolute Gasteiger partial charge is 0.295 e. The molecule has 0 saturated carbocycles. The van der Waals surface area contributed by atoms with Gasteiger partial charge in [-0.25, -0.2) is 0 Å². The number of aliphatic hydroxyl groups is 1. The van der Waals surface area contributed by atoms with Crippen LogP contribution < -0.4 is 0 Å². The predicted octanol–water partition coefficient (Wildman–Crippen LogP) is 4.18. The van der Waals surface area contributed by atoms with Crippen LogP contribution in [0.25, 0.3) is 5.76 Å². The number of Topliss-reactive ketones (excluding diaryl/α,β-unsaturated/α-hetero) is 1. The number of nitrogens with zero attached hydrogens (tertiary/aromatic N) is 2. The van der Waals surface area contributed by atoms with Gasteiger partial charge in [0.2, 0.25) is 0 Å². The first kappa shape index (κ1) is 22.8. The van der Waals surface area contributed by atoms with Gasteiger partial charge in [-0.05, 0) is 56.6 Å². The van der Waals surface area contributed by atoms with Gasteiger partial charge >= 0.3 is 0 Å². The molecule has 164 valence electrons. The summed E-state index contributed by atoms with van der Waals surface area (Å²) in [7, 11) is 3.96. The zero-order valence-electron chi connectivity index (χ0n) is 18.9. The fourth-order valence-corrected chi connectivity index (χ4v) is 4.00. The highest BCUT2D eigenvalue weighted by molar-refractivity contribution is 6.46. The second-order valence-corrected chi connectivity index (χ2v) is 8.29. The van der Waals surface area contributed by atoms with E-state index in [1.165, 1.54) is 5.56 Å². The van der Waals surface area contributed by atoms with E-state index in [1.807, 2.05) is 62.6 Å². The molecule has 1 N–H and O–H groups in total. The largest absolute Gasteiger partial charge is 0.507 e. The molecule has 5 nitrogen and oxygen atoms in total. The molecule has 1 atom stereocenters. The van der Waals surface area contributed by atoms with Crippen LogP contribution in [0.5, 0.6) is 0 Å². The van der Waals surface area contributed by atoms with Crippen molar-refractivity contribution in [2.75, 3.05) is 27.2 Å². The zero-order valence-corrected chi connectivity index (χ0v) is 18.9. The Morgan fingerprint density at radius 3 is 2.00 bits per heavy atom. The van der Waals surface area contributed by atoms with Crippen molar-refractivity contribution in [3.63, 3.8) is 0 Å². The molecule has 1 heterocycles. The number of hydrogen-bond donors (Lipinski definition) is 1. The molecule has 1 aliphatic rings. The second kappa shape index (κ2) is 9.92. The van der Waals surface area contributed by atoms with E-state index < -0.39 is 17.7 Å². The minimum Gasteiger partial charge on any atom is -0.507 e. The standard InChI is InChI=1S/C26H32N2O3/c1-5-18-8-12-20(13-9-18)23-22(24(29)21-14-10-19(6-2)11-15-21)25(30)26(31)28(23)17-7-16-27(3)4/h8-15,23,29H,5-7,16-17H2,1-4H3/b24-22-. The molecule has 1 amide bonds. The number of aliphatic hydroxyl groups excluding tert-OH is 1. The van der Waals surface area contributed by atoms with Crippen molar-refractivity contribution in [2.24, 2.45) is 0 Å². The number of carbonyl (C=O) groups is 2. The van der Waals surface area contributed by atoms with Crippen molar-refractivity contribution < 1.29 is 14.7 Å². The highest BCUT2D eigenvalue weighted by atomic mass is 16.3. The van der Waals surface area contributed by atoms with Gasteiger partial charge in [0, 0.05) is 12.1 Å². The normalized spacial score (nSPS) is 18.2. The lowest BCUT2D eigenvalue weighted by molar-refractivity contribution is -0.139. The van der Waals surface area contributed by atoms with Crippen LogP contribution in [-0.2, 0) is 22.4 Å². The number of hydrogen-bond acceptors (Lipinski definition) is 4. The quantitative estimate of drug-likeness (QED) is 0.395. The Labute approximate surface area is 185 Å². The van der Waals surface area contributed by atoms with Crippen LogP contribution in [0.2, 0.25) is 0 Å². The third-order valence-corrected chi connectivity index (χ3v) is 5.88. The molecule has 3 rings (SSSR count). The number of amides is 1. The molecule has 5 heteroatoms. The van der Waals surface area contributed by atoms with E-state index in [0.717, 1.165) is 36.9 Å². The lowest BCUT2D eigenvalue weighted by Crippen LogP contribution is -2.32.